The fourth-order valence-corrected chi connectivity index (χ4v) is 3.43. The fraction of sp³-hybridized carbons (Fsp3) is 0.538. The molecule has 0 aromatic carbocycles. The minimum Gasteiger partial charge on any atom is -0.464 e. The first-order chi connectivity index (χ1) is 9.06. The third-order valence-corrected chi connectivity index (χ3v) is 4.85. The number of halogens is 1. The van der Waals surface area contributed by atoms with E-state index < -0.39 is 6.04 Å². The highest BCUT2D eigenvalue weighted by atomic mass is 35.5. The number of amides is 1. The number of esters is 1. The molecule has 2 rings (SSSR count). The number of carbonyl (C=O) groups is 2. The molecule has 1 amide bonds. The molecule has 1 atom stereocenters. The summed E-state index contributed by atoms with van der Waals surface area (Å²) in [5, 5.41) is 2.34. The maximum Gasteiger partial charge on any atom is 0.328 e. The second-order valence-electron chi connectivity index (χ2n) is 4.47. The second kappa shape index (κ2) is 5.92. The molecule has 1 aliphatic heterocycles. The summed E-state index contributed by atoms with van der Waals surface area (Å²) in [6.07, 6.45) is 1.48. The molecule has 0 saturated carbocycles. The number of nitrogens with zero attached hydrogens (tertiary/aromatic N) is 1. The first-order valence-electron chi connectivity index (χ1n) is 6.27. The fourth-order valence-electron chi connectivity index (χ4n) is 2.20. The van der Waals surface area contributed by atoms with Gasteiger partial charge in [-0.2, -0.15) is 0 Å². The van der Waals surface area contributed by atoms with Crippen molar-refractivity contribution in [2.75, 3.05) is 13.2 Å². The number of rotatable bonds is 3. The first-order valence-corrected chi connectivity index (χ1v) is 7.53. The van der Waals surface area contributed by atoms with Gasteiger partial charge >= 0.3 is 5.97 Å². The van der Waals surface area contributed by atoms with Crippen LogP contribution in [-0.2, 0) is 9.53 Å². The van der Waals surface area contributed by atoms with Gasteiger partial charge in [-0.1, -0.05) is 11.6 Å². The van der Waals surface area contributed by atoms with Crippen LogP contribution in [0, 0.1) is 6.92 Å². The highest BCUT2D eigenvalue weighted by Crippen LogP contribution is 2.31. The highest BCUT2D eigenvalue weighted by Gasteiger charge is 2.36. The Morgan fingerprint density at radius 1 is 1.58 bits per heavy atom. The van der Waals surface area contributed by atoms with Gasteiger partial charge in [0.25, 0.3) is 5.91 Å². The summed E-state index contributed by atoms with van der Waals surface area (Å²) in [7, 11) is 0. The van der Waals surface area contributed by atoms with Crippen LogP contribution in [0.3, 0.4) is 0 Å². The molecule has 104 valence electrons. The molecule has 0 bridgehead atoms. The van der Waals surface area contributed by atoms with E-state index in [0.29, 0.717) is 29.5 Å². The van der Waals surface area contributed by atoms with Crippen molar-refractivity contribution in [2.24, 2.45) is 0 Å². The maximum absolute atomic E-state index is 12.4. The Balaban J connectivity index is 2.18. The van der Waals surface area contributed by atoms with Crippen molar-refractivity contribution in [2.45, 2.75) is 32.7 Å². The van der Waals surface area contributed by atoms with Crippen molar-refractivity contribution in [3.8, 4) is 0 Å². The van der Waals surface area contributed by atoms with E-state index in [1.807, 2.05) is 12.3 Å². The molecule has 0 radical (unpaired) electrons. The van der Waals surface area contributed by atoms with Crippen LogP contribution in [0.1, 0.15) is 35.0 Å². The molecule has 0 spiro atoms. The number of hydrogen-bond acceptors (Lipinski definition) is 4. The van der Waals surface area contributed by atoms with Crippen LogP contribution in [0.25, 0.3) is 0 Å². The van der Waals surface area contributed by atoms with Gasteiger partial charge in [-0.25, -0.2) is 4.79 Å². The molecule has 19 heavy (non-hydrogen) atoms. The molecule has 1 saturated heterocycles. The average molecular weight is 302 g/mol. The van der Waals surface area contributed by atoms with Crippen LogP contribution in [0.15, 0.2) is 5.38 Å². The standard InChI is InChI=1S/C13H16ClNO3S/c1-3-18-13(17)9-5-4-6-15(9)12(16)11-10(14)8(2)7-19-11/h7,9H,3-6H2,1-2H3. The van der Waals surface area contributed by atoms with E-state index in [9.17, 15) is 9.59 Å². The summed E-state index contributed by atoms with van der Waals surface area (Å²) in [4.78, 5) is 26.4. The van der Waals surface area contributed by atoms with E-state index in [0.717, 1.165) is 12.0 Å². The normalized spacial score (nSPS) is 18.7. The molecule has 1 aliphatic rings. The predicted octanol–water partition coefficient (Wildman–Crippen LogP) is 2.88. The van der Waals surface area contributed by atoms with Gasteiger partial charge < -0.3 is 9.64 Å². The third kappa shape index (κ3) is 2.77. The Labute approximate surface area is 121 Å². The van der Waals surface area contributed by atoms with Crippen LogP contribution in [0.5, 0.6) is 0 Å². The van der Waals surface area contributed by atoms with Gasteiger partial charge in [-0.05, 0) is 37.6 Å². The molecule has 4 nitrogen and oxygen atoms in total. The van der Waals surface area contributed by atoms with Crippen molar-refractivity contribution in [3.05, 3.63) is 20.8 Å². The SMILES string of the molecule is CCOC(=O)C1CCCN1C(=O)c1scc(C)c1Cl. The van der Waals surface area contributed by atoms with Crippen LogP contribution < -0.4 is 0 Å². The van der Waals surface area contributed by atoms with E-state index in [-0.39, 0.29) is 11.9 Å². The Hall–Kier alpha value is -1.07. The van der Waals surface area contributed by atoms with E-state index >= 15 is 0 Å². The molecule has 1 aromatic heterocycles. The quantitative estimate of drug-likeness (QED) is 0.807. The van der Waals surface area contributed by atoms with Gasteiger partial charge in [-0.15, -0.1) is 11.3 Å². The predicted molar refractivity (Wildman–Crippen MR) is 74.8 cm³/mol. The molecule has 6 heteroatoms. The zero-order chi connectivity index (χ0) is 14.0. The second-order valence-corrected chi connectivity index (χ2v) is 5.73. The molecule has 1 fully saturated rings. The summed E-state index contributed by atoms with van der Waals surface area (Å²) in [6.45, 7) is 4.53. The van der Waals surface area contributed by atoms with Gasteiger partial charge in [0, 0.05) is 6.54 Å². The zero-order valence-corrected chi connectivity index (χ0v) is 12.5. The Bertz CT molecular complexity index is 500. The van der Waals surface area contributed by atoms with E-state index in [1.54, 1.807) is 11.8 Å². The summed E-state index contributed by atoms with van der Waals surface area (Å²) < 4.78 is 5.02. The van der Waals surface area contributed by atoms with Crippen molar-refractivity contribution < 1.29 is 14.3 Å². The number of ether oxygens (including phenoxy) is 1. The third-order valence-electron chi connectivity index (χ3n) is 3.17. The van der Waals surface area contributed by atoms with E-state index in [4.69, 9.17) is 16.3 Å². The molecule has 1 aromatic rings. The highest BCUT2D eigenvalue weighted by molar-refractivity contribution is 7.13. The van der Waals surface area contributed by atoms with Crippen molar-refractivity contribution in [1.29, 1.82) is 0 Å². The summed E-state index contributed by atoms with van der Waals surface area (Å²) in [5.74, 6) is -0.489. The largest absolute Gasteiger partial charge is 0.464 e. The minimum atomic E-state index is -0.467. The van der Waals surface area contributed by atoms with Gasteiger partial charge in [0.1, 0.15) is 10.9 Å². The Morgan fingerprint density at radius 3 is 2.89 bits per heavy atom. The van der Waals surface area contributed by atoms with Crippen LogP contribution in [-0.4, -0.2) is 36.0 Å². The molecule has 2 heterocycles. The van der Waals surface area contributed by atoms with Crippen LogP contribution >= 0.6 is 22.9 Å². The lowest BCUT2D eigenvalue weighted by atomic mass is 10.2. The minimum absolute atomic E-state index is 0.168. The monoisotopic (exact) mass is 301 g/mol. The lowest BCUT2D eigenvalue weighted by Crippen LogP contribution is -2.41. The Morgan fingerprint density at radius 2 is 2.32 bits per heavy atom. The number of thiophene rings is 1. The van der Waals surface area contributed by atoms with E-state index in [1.165, 1.54) is 11.3 Å². The van der Waals surface area contributed by atoms with E-state index in [2.05, 4.69) is 0 Å². The van der Waals surface area contributed by atoms with Gasteiger partial charge in [0.15, 0.2) is 0 Å². The van der Waals surface area contributed by atoms with Gasteiger partial charge in [-0.3, -0.25) is 4.79 Å². The molecule has 0 aliphatic carbocycles. The smallest absolute Gasteiger partial charge is 0.328 e. The number of likely N-dealkylation sites (tertiary alicyclic amines) is 1. The lowest BCUT2D eigenvalue weighted by molar-refractivity contribution is -0.147. The van der Waals surface area contributed by atoms with Gasteiger partial charge in [0.05, 0.1) is 11.6 Å². The topological polar surface area (TPSA) is 46.6 Å². The summed E-state index contributed by atoms with van der Waals surface area (Å²) in [5.41, 5.74) is 0.891. The van der Waals surface area contributed by atoms with Gasteiger partial charge in [0.2, 0.25) is 0 Å². The molecular weight excluding hydrogens is 286 g/mol. The van der Waals surface area contributed by atoms with Crippen molar-refractivity contribution >= 4 is 34.8 Å². The first kappa shape index (κ1) is 14.3. The van der Waals surface area contributed by atoms with Crippen molar-refractivity contribution in [1.82, 2.24) is 4.90 Å². The van der Waals surface area contributed by atoms with Crippen LogP contribution in [0.2, 0.25) is 5.02 Å². The molecule has 0 N–H and O–H groups in total. The zero-order valence-electron chi connectivity index (χ0n) is 10.9. The maximum atomic E-state index is 12.4. The average Bonchev–Trinajstić information content (AvgIpc) is 2.98. The summed E-state index contributed by atoms with van der Waals surface area (Å²) >= 11 is 7.44. The molecular formula is C13H16ClNO3S. The summed E-state index contributed by atoms with van der Waals surface area (Å²) in [6, 6.07) is -0.467. The number of carbonyl (C=O) groups excluding carboxylic acids is 2. The number of hydrogen-bond donors (Lipinski definition) is 0. The van der Waals surface area contributed by atoms with Crippen LogP contribution in [0.4, 0.5) is 0 Å². The Kier molecular flexibility index (Phi) is 4.47. The lowest BCUT2D eigenvalue weighted by Gasteiger charge is -2.22. The van der Waals surface area contributed by atoms with Crippen molar-refractivity contribution in [3.63, 3.8) is 0 Å². The molecule has 1 unspecified atom stereocenters. The number of aryl methyl sites for hydroxylation is 1.